The summed E-state index contributed by atoms with van der Waals surface area (Å²) in [7, 11) is 0. The first-order chi connectivity index (χ1) is 8.08. The van der Waals surface area contributed by atoms with Gasteiger partial charge < -0.3 is 5.11 Å². The molecule has 1 N–H and O–H groups in total. The lowest BCUT2D eigenvalue weighted by molar-refractivity contribution is 0.168. The normalized spacial score (nSPS) is 12.7. The highest BCUT2D eigenvalue weighted by Crippen LogP contribution is 2.23. The minimum absolute atomic E-state index is 0.0815. The fraction of sp³-hybridized carbons (Fsp3) is 0.333. The molecule has 17 heavy (non-hydrogen) atoms. The summed E-state index contributed by atoms with van der Waals surface area (Å²) in [6.07, 6.45) is 0.828. The topological polar surface area (TPSA) is 46.0 Å². The van der Waals surface area contributed by atoms with E-state index >= 15 is 0 Å². The monoisotopic (exact) mass is 252 g/mol. The second-order valence-electron chi connectivity index (χ2n) is 3.84. The number of aromatic nitrogens is 2. The molecule has 0 amide bonds. The number of aryl methyl sites for hydroxylation is 2. The molecule has 0 saturated heterocycles. The van der Waals surface area contributed by atoms with Gasteiger partial charge in [-0.25, -0.2) is 9.37 Å². The van der Waals surface area contributed by atoms with Crippen molar-refractivity contribution in [3.8, 4) is 0 Å². The Labute approximate surface area is 103 Å². The zero-order chi connectivity index (χ0) is 12.4. The lowest BCUT2D eigenvalue weighted by Gasteiger charge is -2.08. The predicted octanol–water partition coefficient (Wildman–Crippen LogP) is 2.57. The van der Waals surface area contributed by atoms with Crippen molar-refractivity contribution in [2.75, 3.05) is 0 Å². The molecule has 1 atom stereocenters. The fourth-order valence-corrected chi connectivity index (χ4v) is 2.50. The van der Waals surface area contributed by atoms with E-state index in [4.69, 9.17) is 0 Å². The average molecular weight is 252 g/mol. The number of hydrogen-bond donors (Lipinski definition) is 1. The van der Waals surface area contributed by atoms with Crippen molar-refractivity contribution in [1.82, 2.24) is 9.97 Å². The molecule has 2 rings (SSSR count). The first-order valence-corrected chi connectivity index (χ1v) is 6.11. The molecule has 2 heterocycles. The number of halogens is 1. The van der Waals surface area contributed by atoms with Crippen LogP contribution in [0.2, 0.25) is 0 Å². The van der Waals surface area contributed by atoms with Crippen LogP contribution < -0.4 is 0 Å². The van der Waals surface area contributed by atoms with Crippen LogP contribution in [0, 0.1) is 19.7 Å². The van der Waals surface area contributed by atoms with Crippen molar-refractivity contribution < 1.29 is 9.50 Å². The van der Waals surface area contributed by atoms with Gasteiger partial charge in [-0.15, -0.1) is 11.3 Å². The summed E-state index contributed by atoms with van der Waals surface area (Å²) < 4.78 is 13.4. The van der Waals surface area contributed by atoms with Crippen LogP contribution >= 0.6 is 11.3 Å². The van der Waals surface area contributed by atoms with Gasteiger partial charge in [-0.1, -0.05) is 0 Å². The molecule has 3 nitrogen and oxygen atoms in total. The molecule has 0 aliphatic carbocycles. The largest absolute Gasteiger partial charge is 0.386 e. The third-order valence-electron chi connectivity index (χ3n) is 2.54. The van der Waals surface area contributed by atoms with E-state index in [9.17, 15) is 9.50 Å². The maximum absolute atomic E-state index is 13.4. The molecule has 1 unspecified atom stereocenters. The number of thiazole rings is 1. The molecule has 2 aromatic heterocycles. The number of nitrogens with zero attached hydrogens (tertiary/aromatic N) is 2. The van der Waals surface area contributed by atoms with Crippen LogP contribution in [0.15, 0.2) is 18.3 Å². The predicted molar refractivity (Wildman–Crippen MR) is 64.4 cm³/mol. The highest BCUT2D eigenvalue weighted by Gasteiger charge is 2.16. The summed E-state index contributed by atoms with van der Waals surface area (Å²) in [5, 5.41) is 10.7. The molecule has 2 aromatic rings. The molecule has 0 spiro atoms. The van der Waals surface area contributed by atoms with Crippen LogP contribution in [0.1, 0.15) is 27.4 Å². The Kier molecular flexibility index (Phi) is 3.49. The second-order valence-corrected chi connectivity index (χ2v) is 5.13. The lowest BCUT2D eigenvalue weighted by atomic mass is 10.1. The Morgan fingerprint density at radius 3 is 2.82 bits per heavy atom. The zero-order valence-corrected chi connectivity index (χ0v) is 10.5. The van der Waals surface area contributed by atoms with E-state index in [0.29, 0.717) is 6.42 Å². The summed E-state index contributed by atoms with van der Waals surface area (Å²) in [6.45, 7) is 3.90. The lowest BCUT2D eigenvalue weighted by Crippen LogP contribution is -2.06. The molecule has 5 heteroatoms. The third kappa shape index (κ3) is 2.68. The van der Waals surface area contributed by atoms with Gasteiger partial charge in [0.2, 0.25) is 0 Å². The van der Waals surface area contributed by atoms with Crippen LogP contribution in [0.25, 0.3) is 0 Å². The molecule has 0 aliphatic heterocycles. The minimum atomic E-state index is -0.943. The van der Waals surface area contributed by atoms with Gasteiger partial charge in [0, 0.05) is 17.5 Å². The molecule has 0 aromatic carbocycles. The third-order valence-corrected chi connectivity index (χ3v) is 3.64. The average Bonchev–Trinajstić information content (AvgIpc) is 2.58. The van der Waals surface area contributed by atoms with E-state index in [2.05, 4.69) is 9.97 Å². The van der Waals surface area contributed by atoms with Crippen LogP contribution in [-0.4, -0.2) is 15.1 Å². The highest BCUT2D eigenvalue weighted by molar-refractivity contribution is 7.11. The first-order valence-electron chi connectivity index (χ1n) is 5.29. The van der Waals surface area contributed by atoms with E-state index in [1.807, 2.05) is 13.8 Å². The Balaban J connectivity index is 2.17. The van der Waals surface area contributed by atoms with Crippen molar-refractivity contribution in [3.63, 3.8) is 0 Å². The van der Waals surface area contributed by atoms with Crippen molar-refractivity contribution in [2.24, 2.45) is 0 Å². The molecular weight excluding hydrogens is 239 g/mol. The molecule has 0 radical (unpaired) electrons. The van der Waals surface area contributed by atoms with Crippen LogP contribution in [-0.2, 0) is 6.42 Å². The van der Waals surface area contributed by atoms with E-state index < -0.39 is 11.9 Å². The smallest absolute Gasteiger partial charge is 0.147 e. The minimum Gasteiger partial charge on any atom is -0.386 e. The maximum Gasteiger partial charge on any atom is 0.147 e. The number of aliphatic hydroxyl groups is 1. The number of hydrogen-bond acceptors (Lipinski definition) is 4. The van der Waals surface area contributed by atoms with Gasteiger partial charge in [0.05, 0.1) is 10.7 Å². The van der Waals surface area contributed by atoms with E-state index in [1.165, 1.54) is 29.7 Å². The van der Waals surface area contributed by atoms with Gasteiger partial charge in [-0.2, -0.15) is 0 Å². The van der Waals surface area contributed by atoms with Gasteiger partial charge in [-0.3, -0.25) is 4.98 Å². The fourth-order valence-electron chi connectivity index (χ4n) is 1.53. The van der Waals surface area contributed by atoms with Crippen molar-refractivity contribution in [3.05, 3.63) is 45.4 Å². The van der Waals surface area contributed by atoms with Gasteiger partial charge >= 0.3 is 0 Å². The van der Waals surface area contributed by atoms with E-state index in [-0.39, 0.29) is 5.69 Å². The summed E-state index contributed by atoms with van der Waals surface area (Å²) >= 11 is 1.52. The van der Waals surface area contributed by atoms with Gasteiger partial charge in [-0.05, 0) is 26.0 Å². The Morgan fingerprint density at radius 1 is 1.47 bits per heavy atom. The van der Waals surface area contributed by atoms with E-state index in [1.54, 1.807) is 0 Å². The number of aliphatic hydroxyl groups excluding tert-OH is 1. The van der Waals surface area contributed by atoms with Gasteiger partial charge in [0.15, 0.2) is 0 Å². The maximum atomic E-state index is 13.4. The number of pyridine rings is 1. The first kappa shape index (κ1) is 12.1. The summed E-state index contributed by atoms with van der Waals surface area (Å²) in [5.41, 5.74) is 1.04. The Bertz CT molecular complexity index is 507. The van der Waals surface area contributed by atoms with Crippen molar-refractivity contribution >= 4 is 11.3 Å². The molecule has 0 bridgehead atoms. The number of rotatable bonds is 3. The SMILES string of the molecule is Cc1nc(CC(O)c2ncccc2F)sc1C. The molecule has 0 aliphatic rings. The highest BCUT2D eigenvalue weighted by atomic mass is 32.1. The van der Waals surface area contributed by atoms with Crippen molar-refractivity contribution in [1.29, 1.82) is 0 Å². The second kappa shape index (κ2) is 4.89. The summed E-state index contributed by atoms with van der Waals surface area (Å²) in [5.74, 6) is -0.481. The molecule has 90 valence electrons. The standard InChI is InChI=1S/C12H13FN2OS/c1-7-8(2)17-11(15-7)6-10(16)12-9(13)4-3-5-14-12/h3-5,10,16H,6H2,1-2H3. The molecular formula is C12H13FN2OS. The van der Waals surface area contributed by atoms with Crippen LogP contribution in [0.4, 0.5) is 4.39 Å². The van der Waals surface area contributed by atoms with E-state index in [0.717, 1.165) is 15.6 Å². The zero-order valence-electron chi connectivity index (χ0n) is 9.64. The molecule has 0 fully saturated rings. The molecule has 0 saturated carbocycles. The Hall–Kier alpha value is -1.33. The Morgan fingerprint density at radius 2 is 2.24 bits per heavy atom. The summed E-state index contributed by atoms with van der Waals surface area (Å²) in [4.78, 5) is 9.29. The summed E-state index contributed by atoms with van der Waals surface area (Å²) in [6, 6.07) is 2.80. The van der Waals surface area contributed by atoms with Crippen molar-refractivity contribution in [2.45, 2.75) is 26.4 Å². The van der Waals surface area contributed by atoms with Gasteiger partial charge in [0.25, 0.3) is 0 Å². The van der Waals surface area contributed by atoms with Crippen LogP contribution in [0.5, 0.6) is 0 Å². The quantitative estimate of drug-likeness (QED) is 0.913. The van der Waals surface area contributed by atoms with Crippen LogP contribution in [0.3, 0.4) is 0 Å². The van der Waals surface area contributed by atoms with Gasteiger partial charge in [0.1, 0.15) is 17.6 Å².